The molecular formula is C28H32O14. The lowest BCUT2D eigenvalue weighted by atomic mass is 9.98. The number of aliphatic hydroxyl groups excluding tert-OH is 6. The quantitative estimate of drug-likeness (QED) is 0.179. The van der Waals surface area contributed by atoms with Crippen molar-refractivity contribution in [2.45, 2.75) is 68.3 Å². The van der Waals surface area contributed by atoms with Crippen LogP contribution in [-0.2, 0) is 14.2 Å². The molecule has 2 aliphatic heterocycles. The molecule has 2 fully saturated rings. The van der Waals surface area contributed by atoms with Crippen molar-refractivity contribution in [2.75, 3.05) is 13.7 Å². The first-order valence-corrected chi connectivity index (χ1v) is 13.1. The van der Waals surface area contributed by atoms with Crippen LogP contribution in [0.3, 0.4) is 0 Å². The van der Waals surface area contributed by atoms with E-state index in [1.165, 1.54) is 26.2 Å². The highest BCUT2D eigenvalue weighted by molar-refractivity contribution is 5.86. The van der Waals surface area contributed by atoms with Crippen LogP contribution < -0.4 is 14.9 Å². The highest BCUT2D eigenvalue weighted by Crippen LogP contribution is 2.34. The summed E-state index contributed by atoms with van der Waals surface area (Å²) in [6.07, 6.45) is -14.8. The van der Waals surface area contributed by atoms with Crippen molar-refractivity contribution < 1.29 is 63.8 Å². The summed E-state index contributed by atoms with van der Waals surface area (Å²) in [7, 11) is 1.52. The van der Waals surface area contributed by atoms with Crippen molar-refractivity contribution in [3.05, 3.63) is 52.7 Å². The second kappa shape index (κ2) is 12.1. The maximum absolute atomic E-state index is 12.8. The highest BCUT2D eigenvalue weighted by Gasteiger charge is 2.47. The Labute approximate surface area is 238 Å². The fourth-order valence-electron chi connectivity index (χ4n) is 4.84. The Kier molecular flexibility index (Phi) is 8.71. The molecule has 3 aromatic rings. The third-order valence-electron chi connectivity index (χ3n) is 7.31. The molecule has 2 aromatic carbocycles. The molecule has 3 heterocycles. The Morgan fingerprint density at radius 1 is 0.786 bits per heavy atom. The highest BCUT2D eigenvalue weighted by atomic mass is 16.7. The average Bonchev–Trinajstić information content (AvgIpc) is 2.97. The van der Waals surface area contributed by atoms with E-state index in [2.05, 4.69) is 0 Å². The van der Waals surface area contributed by atoms with Gasteiger partial charge in [-0.1, -0.05) is 0 Å². The van der Waals surface area contributed by atoms with E-state index in [-0.39, 0.29) is 22.5 Å². The zero-order valence-corrected chi connectivity index (χ0v) is 22.5. The predicted molar refractivity (Wildman–Crippen MR) is 142 cm³/mol. The van der Waals surface area contributed by atoms with Crippen molar-refractivity contribution in [3.8, 4) is 28.6 Å². The second-order valence-electron chi connectivity index (χ2n) is 10.2. The number of benzene rings is 2. The molecule has 0 spiro atoms. The molecule has 14 heteroatoms. The van der Waals surface area contributed by atoms with Gasteiger partial charge in [0.2, 0.25) is 6.29 Å². The van der Waals surface area contributed by atoms with E-state index in [0.717, 1.165) is 6.07 Å². The van der Waals surface area contributed by atoms with Crippen LogP contribution in [0.15, 0.2) is 51.7 Å². The molecule has 5 rings (SSSR count). The van der Waals surface area contributed by atoms with Gasteiger partial charge in [0, 0.05) is 23.8 Å². The summed E-state index contributed by atoms with van der Waals surface area (Å²) in [5, 5.41) is 71.9. The minimum atomic E-state index is -1.76. The van der Waals surface area contributed by atoms with Gasteiger partial charge in [0.25, 0.3) is 0 Å². The zero-order valence-electron chi connectivity index (χ0n) is 22.5. The Balaban J connectivity index is 1.35. The van der Waals surface area contributed by atoms with E-state index in [4.69, 9.17) is 28.1 Å². The van der Waals surface area contributed by atoms with Crippen molar-refractivity contribution in [1.29, 1.82) is 0 Å². The number of fused-ring (bicyclic) bond motifs is 1. The lowest BCUT2D eigenvalue weighted by molar-refractivity contribution is -0.318. The number of aliphatic hydroxyl groups is 6. The van der Waals surface area contributed by atoms with Crippen LogP contribution in [0.4, 0.5) is 0 Å². The van der Waals surface area contributed by atoms with Crippen molar-refractivity contribution in [2.24, 2.45) is 0 Å². The van der Waals surface area contributed by atoms with Gasteiger partial charge in [-0.25, -0.2) is 0 Å². The van der Waals surface area contributed by atoms with Crippen molar-refractivity contribution in [3.63, 3.8) is 0 Å². The molecule has 228 valence electrons. The number of hydrogen-bond acceptors (Lipinski definition) is 14. The zero-order chi connectivity index (χ0) is 30.3. The van der Waals surface area contributed by atoms with Gasteiger partial charge in [-0.15, -0.1) is 0 Å². The Hall–Kier alpha value is -3.31. The molecule has 0 aliphatic carbocycles. The minimum absolute atomic E-state index is 0.0348. The molecule has 2 aliphatic rings. The minimum Gasteiger partial charge on any atom is -0.507 e. The van der Waals surface area contributed by atoms with Gasteiger partial charge >= 0.3 is 0 Å². The third kappa shape index (κ3) is 5.81. The summed E-state index contributed by atoms with van der Waals surface area (Å²) < 4.78 is 33.2. The summed E-state index contributed by atoms with van der Waals surface area (Å²) in [5.74, 6) is 0.238. The summed E-state index contributed by atoms with van der Waals surface area (Å²) >= 11 is 0. The van der Waals surface area contributed by atoms with E-state index in [9.17, 15) is 40.5 Å². The predicted octanol–water partition coefficient (Wildman–Crippen LogP) is -0.795. The van der Waals surface area contributed by atoms with Crippen LogP contribution in [0.1, 0.15) is 6.92 Å². The monoisotopic (exact) mass is 592 g/mol. The lowest BCUT2D eigenvalue weighted by Gasteiger charge is -2.42. The number of methoxy groups -OCH3 is 1. The summed E-state index contributed by atoms with van der Waals surface area (Å²) in [6, 6.07) is 10.4. The number of phenols is 1. The standard InChI is InChI=1S/C28H32O14/c1-11-21(31)23(33)25(35)27(39-11)38-10-19-22(32)24(34)26(36)28(42-19)40-14-7-15(29)20-16(30)9-17(41-18(20)8-14)12-3-5-13(37-2)6-4-12/h3-9,11,19,21-29,31-36H,10H2,1-2H3/t11-,19-,21-,22-,23-,24-,25+,26-,27+,28-/m0/s1. The van der Waals surface area contributed by atoms with Gasteiger partial charge in [0.1, 0.15) is 76.7 Å². The number of aromatic hydroxyl groups is 1. The SMILES string of the molecule is COc1ccc(-c2cc(=O)c3c(O)cc(O[C@H]4O[C@@H](CO[C@@H]5O[C@@H](C)[C@H](O)[C@H](O)[C@H]5O)[C@H](O)[C@H](O)[C@@H]4O)cc3o2)cc1. The van der Waals surface area contributed by atoms with Gasteiger partial charge in [-0.05, 0) is 31.2 Å². The normalized spacial score (nSPS) is 33.4. The molecule has 0 amide bonds. The van der Waals surface area contributed by atoms with Gasteiger partial charge in [0.05, 0.1) is 19.8 Å². The number of ether oxygens (including phenoxy) is 5. The maximum Gasteiger partial charge on any atom is 0.229 e. The van der Waals surface area contributed by atoms with Gasteiger partial charge in [-0.3, -0.25) is 4.79 Å². The molecule has 0 radical (unpaired) electrons. The fraction of sp³-hybridized carbons (Fsp3) is 0.464. The molecule has 14 nitrogen and oxygen atoms in total. The van der Waals surface area contributed by atoms with Gasteiger partial charge < -0.3 is 63.8 Å². The second-order valence-corrected chi connectivity index (χ2v) is 10.2. The molecule has 0 bridgehead atoms. The van der Waals surface area contributed by atoms with Crippen LogP contribution >= 0.6 is 0 Å². The van der Waals surface area contributed by atoms with Gasteiger partial charge in [0.15, 0.2) is 11.7 Å². The van der Waals surface area contributed by atoms with Crippen LogP contribution in [0.5, 0.6) is 17.2 Å². The summed E-state index contributed by atoms with van der Waals surface area (Å²) in [6.45, 7) is 0.984. The first kappa shape index (κ1) is 30.2. The first-order chi connectivity index (χ1) is 20.0. The van der Waals surface area contributed by atoms with Crippen molar-refractivity contribution >= 4 is 11.0 Å². The number of rotatable bonds is 7. The molecule has 1 aromatic heterocycles. The van der Waals surface area contributed by atoms with Crippen LogP contribution in [0.2, 0.25) is 0 Å². The van der Waals surface area contributed by atoms with E-state index in [0.29, 0.717) is 11.3 Å². The largest absolute Gasteiger partial charge is 0.507 e. The lowest BCUT2D eigenvalue weighted by Crippen LogP contribution is -2.61. The van der Waals surface area contributed by atoms with E-state index in [1.807, 2.05) is 0 Å². The molecule has 7 N–H and O–H groups in total. The third-order valence-corrected chi connectivity index (χ3v) is 7.31. The van der Waals surface area contributed by atoms with Crippen LogP contribution in [-0.4, -0.2) is 111 Å². The fourth-order valence-corrected chi connectivity index (χ4v) is 4.84. The topological polar surface area (TPSA) is 218 Å². The van der Waals surface area contributed by atoms with Gasteiger partial charge in [-0.2, -0.15) is 0 Å². The maximum atomic E-state index is 12.8. The Morgan fingerprint density at radius 2 is 1.45 bits per heavy atom. The molecule has 0 saturated carbocycles. The van der Waals surface area contributed by atoms with E-state index < -0.39 is 79.2 Å². The van der Waals surface area contributed by atoms with Crippen LogP contribution in [0.25, 0.3) is 22.3 Å². The van der Waals surface area contributed by atoms with Crippen LogP contribution in [0, 0.1) is 0 Å². The Morgan fingerprint density at radius 3 is 2.14 bits per heavy atom. The van der Waals surface area contributed by atoms with E-state index >= 15 is 0 Å². The Bertz CT molecular complexity index is 1440. The smallest absolute Gasteiger partial charge is 0.229 e. The van der Waals surface area contributed by atoms with E-state index in [1.54, 1.807) is 24.3 Å². The molecule has 2 saturated heterocycles. The average molecular weight is 593 g/mol. The van der Waals surface area contributed by atoms with Crippen molar-refractivity contribution in [1.82, 2.24) is 0 Å². The molecular weight excluding hydrogens is 560 g/mol. The number of hydrogen-bond donors (Lipinski definition) is 7. The number of phenolic OH excluding ortho intramolecular Hbond substituents is 1. The molecule has 10 atom stereocenters. The summed E-state index contributed by atoms with van der Waals surface area (Å²) in [5.41, 5.74) is 0.0115. The summed E-state index contributed by atoms with van der Waals surface area (Å²) in [4.78, 5) is 12.8. The first-order valence-electron chi connectivity index (χ1n) is 13.1. The molecule has 0 unspecified atom stereocenters. The molecule has 42 heavy (non-hydrogen) atoms.